The first-order valence-corrected chi connectivity index (χ1v) is 6.81. The molecule has 98 valence electrons. The van der Waals surface area contributed by atoms with Crippen LogP contribution in [-0.2, 0) is 0 Å². The van der Waals surface area contributed by atoms with Gasteiger partial charge in [0.2, 0.25) is 0 Å². The molecule has 0 aromatic carbocycles. The molecule has 0 bridgehead atoms. The fourth-order valence-electron chi connectivity index (χ4n) is 4.37. The van der Waals surface area contributed by atoms with Gasteiger partial charge in [-0.2, -0.15) is 0 Å². The predicted molar refractivity (Wildman–Crippen MR) is 74.8 cm³/mol. The molecule has 0 aromatic heterocycles. The average molecular weight is 227 g/mol. The van der Waals surface area contributed by atoms with Crippen LogP contribution in [0, 0.1) is 16.7 Å². The van der Waals surface area contributed by atoms with Crippen LogP contribution in [0.3, 0.4) is 0 Å². The number of hydrogen-bond acceptors (Lipinski definition) is 1. The quantitative estimate of drug-likeness (QED) is 0.730. The Morgan fingerprint density at radius 3 is 1.44 bits per heavy atom. The standard InChI is InChI=1S/C15H33N/c1-10-14(8,16-9)15(11-2,12(3)4)13(5,6)7/h12,16H,10-11H2,1-9H3. The van der Waals surface area contributed by atoms with Crippen molar-refractivity contribution in [2.75, 3.05) is 7.05 Å². The van der Waals surface area contributed by atoms with E-state index in [0.717, 1.165) is 0 Å². The Kier molecular flexibility index (Phi) is 5.07. The van der Waals surface area contributed by atoms with Crippen molar-refractivity contribution in [3.05, 3.63) is 0 Å². The van der Waals surface area contributed by atoms with Gasteiger partial charge >= 0.3 is 0 Å². The van der Waals surface area contributed by atoms with Gasteiger partial charge in [0, 0.05) is 5.54 Å². The molecule has 0 aromatic rings. The first-order valence-electron chi connectivity index (χ1n) is 6.81. The molecule has 0 heterocycles. The summed E-state index contributed by atoms with van der Waals surface area (Å²) in [6.45, 7) is 19.0. The molecule has 1 heteroatoms. The van der Waals surface area contributed by atoms with Gasteiger partial charge in [-0.05, 0) is 43.6 Å². The van der Waals surface area contributed by atoms with E-state index in [1.165, 1.54) is 12.8 Å². The second-order valence-corrected chi connectivity index (χ2v) is 6.67. The SMILES string of the molecule is CCC(C)(NC)C(CC)(C(C)C)C(C)(C)C. The Labute approximate surface area is 103 Å². The highest BCUT2D eigenvalue weighted by atomic mass is 15.0. The Morgan fingerprint density at radius 1 is 0.938 bits per heavy atom. The number of rotatable bonds is 5. The smallest absolute Gasteiger partial charge is 0.0211 e. The molecule has 2 atom stereocenters. The van der Waals surface area contributed by atoms with Crippen molar-refractivity contribution in [1.82, 2.24) is 5.32 Å². The minimum absolute atomic E-state index is 0.203. The molecule has 0 spiro atoms. The molecule has 0 aliphatic carbocycles. The Balaban J connectivity index is 5.72. The number of nitrogens with one attached hydrogen (secondary N) is 1. The van der Waals surface area contributed by atoms with Crippen molar-refractivity contribution in [2.45, 2.75) is 73.8 Å². The Bertz CT molecular complexity index is 208. The first kappa shape index (κ1) is 16.0. The molecule has 0 fully saturated rings. The lowest BCUT2D eigenvalue weighted by molar-refractivity contribution is -0.0635. The summed E-state index contributed by atoms with van der Waals surface area (Å²) in [4.78, 5) is 0. The maximum absolute atomic E-state index is 3.61. The fraction of sp³-hybridized carbons (Fsp3) is 1.00. The van der Waals surface area contributed by atoms with E-state index >= 15 is 0 Å². The van der Waals surface area contributed by atoms with Crippen molar-refractivity contribution in [3.8, 4) is 0 Å². The molecule has 0 saturated heterocycles. The monoisotopic (exact) mass is 227 g/mol. The van der Waals surface area contributed by atoms with Crippen LogP contribution in [0.15, 0.2) is 0 Å². The van der Waals surface area contributed by atoms with Crippen molar-refractivity contribution < 1.29 is 0 Å². The van der Waals surface area contributed by atoms with Crippen molar-refractivity contribution >= 4 is 0 Å². The zero-order valence-electron chi connectivity index (χ0n) is 13.0. The lowest BCUT2D eigenvalue weighted by Gasteiger charge is -2.59. The predicted octanol–water partition coefficient (Wildman–Crippen LogP) is 4.47. The summed E-state index contributed by atoms with van der Waals surface area (Å²) >= 11 is 0. The van der Waals surface area contributed by atoms with E-state index < -0.39 is 0 Å². The fourth-order valence-corrected chi connectivity index (χ4v) is 4.37. The van der Waals surface area contributed by atoms with Crippen LogP contribution in [-0.4, -0.2) is 12.6 Å². The highest BCUT2D eigenvalue weighted by molar-refractivity contribution is 5.07. The van der Waals surface area contributed by atoms with Gasteiger partial charge in [-0.25, -0.2) is 0 Å². The minimum atomic E-state index is 0.203. The average Bonchev–Trinajstić information content (AvgIpc) is 2.16. The van der Waals surface area contributed by atoms with E-state index in [-0.39, 0.29) is 5.54 Å². The summed E-state index contributed by atoms with van der Waals surface area (Å²) in [5.74, 6) is 0.676. The van der Waals surface area contributed by atoms with Crippen LogP contribution in [0.2, 0.25) is 0 Å². The maximum atomic E-state index is 3.61. The van der Waals surface area contributed by atoms with Gasteiger partial charge < -0.3 is 5.32 Å². The molecule has 2 unspecified atom stereocenters. The second-order valence-electron chi connectivity index (χ2n) is 6.67. The van der Waals surface area contributed by atoms with Gasteiger partial charge in [-0.3, -0.25) is 0 Å². The molecular formula is C15H33N. The maximum Gasteiger partial charge on any atom is 0.0211 e. The highest BCUT2D eigenvalue weighted by Crippen LogP contribution is 2.55. The van der Waals surface area contributed by atoms with Gasteiger partial charge in [0.1, 0.15) is 0 Å². The molecule has 16 heavy (non-hydrogen) atoms. The second kappa shape index (κ2) is 5.08. The third kappa shape index (κ3) is 2.16. The lowest BCUT2D eigenvalue weighted by Crippen LogP contribution is -2.62. The molecule has 0 saturated carbocycles. The van der Waals surface area contributed by atoms with E-state index in [4.69, 9.17) is 0 Å². The van der Waals surface area contributed by atoms with Gasteiger partial charge in [-0.15, -0.1) is 0 Å². The largest absolute Gasteiger partial charge is 0.314 e. The Morgan fingerprint density at radius 2 is 1.38 bits per heavy atom. The van der Waals surface area contributed by atoms with Gasteiger partial charge in [0.05, 0.1) is 0 Å². The molecule has 0 rings (SSSR count). The zero-order valence-corrected chi connectivity index (χ0v) is 13.0. The summed E-state index contributed by atoms with van der Waals surface area (Å²) in [6.07, 6.45) is 2.39. The Hall–Kier alpha value is -0.0400. The van der Waals surface area contributed by atoms with Gasteiger partial charge in [0.25, 0.3) is 0 Å². The summed E-state index contributed by atoms with van der Waals surface area (Å²) in [5.41, 5.74) is 0.835. The van der Waals surface area contributed by atoms with E-state index in [1.807, 2.05) is 0 Å². The van der Waals surface area contributed by atoms with Gasteiger partial charge in [0.15, 0.2) is 0 Å². The van der Waals surface area contributed by atoms with Crippen LogP contribution in [0.25, 0.3) is 0 Å². The topological polar surface area (TPSA) is 12.0 Å². The molecule has 0 amide bonds. The summed E-state index contributed by atoms with van der Waals surface area (Å²) in [5, 5.41) is 3.61. The molecule has 0 aliphatic rings. The van der Waals surface area contributed by atoms with Gasteiger partial charge in [-0.1, -0.05) is 48.5 Å². The lowest BCUT2D eigenvalue weighted by atomic mass is 9.50. The molecule has 0 aliphatic heterocycles. The number of hydrogen-bond donors (Lipinski definition) is 1. The van der Waals surface area contributed by atoms with E-state index in [9.17, 15) is 0 Å². The molecule has 0 radical (unpaired) electrons. The van der Waals surface area contributed by atoms with Crippen LogP contribution < -0.4 is 5.32 Å². The molecule has 1 N–H and O–H groups in total. The summed E-state index contributed by atoms with van der Waals surface area (Å²) in [7, 11) is 2.11. The van der Waals surface area contributed by atoms with E-state index in [2.05, 4.69) is 67.8 Å². The van der Waals surface area contributed by atoms with Crippen molar-refractivity contribution in [2.24, 2.45) is 16.7 Å². The summed E-state index contributed by atoms with van der Waals surface area (Å²) < 4.78 is 0. The van der Waals surface area contributed by atoms with E-state index in [1.54, 1.807) is 0 Å². The van der Waals surface area contributed by atoms with Crippen LogP contribution in [0.5, 0.6) is 0 Å². The van der Waals surface area contributed by atoms with Crippen LogP contribution >= 0.6 is 0 Å². The zero-order chi connectivity index (χ0) is 13.2. The van der Waals surface area contributed by atoms with Crippen molar-refractivity contribution in [1.29, 1.82) is 0 Å². The van der Waals surface area contributed by atoms with Crippen LogP contribution in [0.4, 0.5) is 0 Å². The summed E-state index contributed by atoms with van der Waals surface area (Å²) in [6, 6.07) is 0. The third-order valence-corrected chi connectivity index (χ3v) is 5.13. The molecular weight excluding hydrogens is 194 g/mol. The van der Waals surface area contributed by atoms with E-state index in [0.29, 0.717) is 16.7 Å². The third-order valence-electron chi connectivity index (χ3n) is 5.13. The first-order chi connectivity index (χ1) is 7.13. The van der Waals surface area contributed by atoms with Crippen molar-refractivity contribution in [3.63, 3.8) is 0 Å². The molecule has 1 nitrogen and oxygen atoms in total. The van der Waals surface area contributed by atoms with Crippen LogP contribution in [0.1, 0.15) is 68.2 Å². The highest BCUT2D eigenvalue weighted by Gasteiger charge is 2.53. The normalized spacial score (nSPS) is 20.6. The minimum Gasteiger partial charge on any atom is -0.314 e.